The molecule has 0 aromatic heterocycles. The van der Waals surface area contributed by atoms with Gasteiger partial charge in [0.1, 0.15) is 5.75 Å². The summed E-state index contributed by atoms with van der Waals surface area (Å²) < 4.78 is 5.63. The summed E-state index contributed by atoms with van der Waals surface area (Å²) in [6, 6.07) is 6.18. The number of hydrogen-bond donors (Lipinski definition) is 1. The first-order valence-corrected chi connectivity index (χ1v) is 5.54. The highest BCUT2D eigenvalue weighted by Crippen LogP contribution is 2.38. The van der Waals surface area contributed by atoms with Crippen molar-refractivity contribution in [3.8, 4) is 17.6 Å². The number of ether oxygens (including phenoxy) is 1. The highest BCUT2D eigenvalue weighted by molar-refractivity contribution is 5.49. The van der Waals surface area contributed by atoms with E-state index in [2.05, 4.69) is 37.1 Å². The van der Waals surface area contributed by atoms with Gasteiger partial charge in [-0.2, -0.15) is 0 Å². The van der Waals surface area contributed by atoms with E-state index in [1.165, 1.54) is 5.56 Å². The molecule has 0 atom stereocenters. The van der Waals surface area contributed by atoms with Crippen LogP contribution < -0.4 is 10.1 Å². The van der Waals surface area contributed by atoms with Crippen LogP contribution in [0.1, 0.15) is 25.0 Å². The number of rotatable bonds is 1. The Bertz CT molecular complexity index is 452. The quantitative estimate of drug-likeness (QED) is 0.723. The summed E-state index contributed by atoms with van der Waals surface area (Å²) in [6.07, 6.45) is 0. The molecular formula is C14H17NO. The van der Waals surface area contributed by atoms with Crippen LogP contribution in [-0.4, -0.2) is 20.2 Å². The van der Waals surface area contributed by atoms with E-state index in [0.29, 0.717) is 0 Å². The minimum absolute atomic E-state index is 0.107. The first-order valence-electron chi connectivity index (χ1n) is 5.54. The van der Waals surface area contributed by atoms with Crippen LogP contribution in [0.4, 0.5) is 0 Å². The Morgan fingerprint density at radius 1 is 1.44 bits per heavy atom. The van der Waals surface area contributed by atoms with Crippen LogP contribution in [-0.2, 0) is 5.41 Å². The summed E-state index contributed by atoms with van der Waals surface area (Å²) in [5, 5.41) is 3.01. The molecule has 0 unspecified atom stereocenters. The molecule has 2 rings (SSSR count). The van der Waals surface area contributed by atoms with Gasteiger partial charge < -0.3 is 10.1 Å². The van der Waals surface area contributed by atoms with Gasteiger partial charge in [-0.15, -0.1) is 0 Å². The normalized spacial score (nSPS) is 15.9. The summed E-state index contributed by atoms with van der Waals surface area (Å²) in [5.41, 5.74) is 2.44. The van der Waals surface area contributed by atoms with Crippen molar-refractivity contribution in [3.05, 3.63) is 29.3 Å². The third-order valence-corrected chi connectivity index (χ3v) is 2.80. The van der Waals surface area contributed by atoms with Crippen LogP contribution >= 0.6 is 0 Å². The fourth-order valence-electron chi connectivity index (χ4n) is 1.83. The van der Waals surface area contributed by atoms with Gasteiger partial charge >= 0.3 is 0 Å². The van der Waals surface area contributed by atoms with Gasteiger partial charge in [0.2, 0.25) is 0 Å². The Morgan fingerprint density at radius 3 is 3.00 bits per heavy atom. The zero-order valence-electron chi connectivity index (χ0n) is 10.1. The van der Waals surface area contributed by atoms with Crippen molar-refractivity contribution in [2.45, 2.75) is 19.3 Å². The van der Waals surface area contributed by atoms with Crippen LogP contribution in [0.15, 0.2) is 18.2 Å². The molecule has 1 aliphatic heterocycles. The lowest BCUT2D eigenvalue weighted by Gasteiger charge is -2.14. The molecule has 1 heterocycles. The molecule has 0 aliphatic carbocycles. The standard InChI is InChI=1S/C14H17NO/c1-14(2)10-16-13-7-6-11(9-12(13)14)5-4-8-15-3/h6-7,9,15H,8,10H2,1-3H3. The molecular weight excluding hydrogens is 198 g/mol. The molecule has 0 spiro atoms. The molecule has 84 valence electrons. The SMILES string of the molecule is CNCC#Cc1ccc2c(c1)C(C)(C)CO2. The lowest BCUT2D eigenvalue weighted by atomic mass is 9.86. The molecule has 0 bridgehead atoms. The van der Waals surface area contributed by atoms with Crippen molar-refractivity contribution < 1.29 is 4.74 Å². The zero-order valence-corrected chi connectivity index (χ0v) is 10.1. The minimum Gasteiger partial charge on any atom is -0.492 e. The summed E-state index contributed by atoms with van der Waals surface area (Å²) in [5.74, 6) is 7.22. The van der Waals surface area contributed by atoms with E-state index >= 15 is 0 Å². The maximum absolute atomic E-state index is 5.63. The van der Waals surface area contributed by atoms with Gasteiger partial charge in [0.15, 0.2) is 0 Å². The van der Waals surface area contributed by atoms with Gasteiger partial charge in [0, 0.05) is 16.5 Å². The highest BCUT2D eigenvalue weighted by atomic mass is 16.5. The Labute approximate surface area is 97.0 Å². The van der Waals surface area contributed by atoms with E-state index in [1.54, 1.807) is 0 Å². The van der Waals surface area contributed by atoms with Gasteiger partial charge in [-0.25, -0.2) is 0 Å². The van der Waals surface area contributed by atoms with Crippen molar-refractivity contribution in [1.29, 1.82) is 0 Å². The van der Waals surface area contributed by atoms with E-state index in [1.807, 2.05) is 19.2 Å². The van der Waals surface area contributed by atoms with E-state index in [4.69, 9.17) is 4.74 Å². The van der Waals surface area contributed by atoms with E-state index < -0.39 is 0 Å². The first-order chi connectivity index (χ1) is 7.63. The number of benzene rings is 1. The van der Waals surface area contributed by atoms with Gasteiger partial charge in [-0.3, -0.25) is 0 Å². The lowest BCUT2D eigenvalue weighted by Crippen LogP contribution is -2.18. The molecule has 2 nitrogen and oxygen atoms in total. The number of fused-ring (bicyclic) bond motifs is 1. The minimum atomic E-state index is 0.107. The number of hydrogen-bond acceptors (Lipinski definition) is 2. The van der Waals surface area contributed by atoms with Crippen LogP contribution in [0.2, 0.25) is 0 Å². The first kappa shape index (κ1) is 11.0. The van der Waals surface area contributed by atoms with E-state index in [0.717, 1.165) is 24.5 Å². The van der Waals surface area contributed by atoms with Crippen molar-refractivity contribution in [1.82, 2.24) is 5.32 Å². The molecule has 0 radical (unpaired) electrons. The molecule has 0 saturated heterocycles. The molecule has 1 N–H and O–H groups in total. The van der Waals surface area contributed by atoms with Crippen molar-refractivity contribution >= 4 is 0 Å². The summed E-state index contributed by atoms with van der Waals surface area (Å²) in [7, 11) is 1.90. The molecule has 16 heavy (non-hydrogen) atoms. The molecule has 0 saturated carbocycles. The maximum atomic E-state index is 5.63. The van der Waals surface area contributed by atoms with Crippen LogP contribution in [0.25, 0.3) is 0 Å². The second-order valence-corrected chi connectivity index (χ2v) is 4.72. The molecule has 1 aromatic rings. The summed E-state index contributed by atoms with van der Waals surface area (Å²) in [6.45, 7) is 5.87. The fraction of sp³-hybridized carbons (Fsp3) is 0.429. The third kappa shape index (κ3) is 2.05. The second-order valence-electron chi connectivity index (χ2n) is 4.72. The smallest absolute Gasteiger partial charge is 0.123 e. The third-order valence-electron chi connectivity index (χ3n) is 2.80. The maximum Gasteiger partial charge on any atom is 0.123 e. The lowest BCUT2D eigenvalue weighted by molar-refractivity contribution is 0.291. The van der Waals surface area contributed by atoms with Crippen LogP contribution in [0.3, 0.4) is 0 Å². The van der Waals surface area contributed by atoms with Crippen molar-refractivity contribution in [2.24, 2.45) is 0 Å². The van der Waals surface area contributed by atoms with Crippen molar-refractivity contribution in [3.63, 3.8) is 0 Å². The molecule has 1 aliphatic rings. The van der Waals surface area contributed by atoms with E-state index in [-0.39, 0.29) is 5.41 Å². The highest BCUT2D eigenvalue weighted by Gasteiger charge is 2.31. The Balaban J connectivity index is 2.30. The summed E-state index contributed by atoms with van der Waals surface area (Å²) in [4.78, 5) is 0. The largest absolute Gasteiger partial charge is 0.492 e. The predicted molar refractivity (Wildman–Crippen MR) is 65.8 cm³/mol. The molecule has 0 fully saturated rings. The van der Waals surface area contributed by atoms with E-state index in [9.17, 15) is 0 Å². The second kappa shape index (κ2) is 4.19. The topological polar surface area (TPSA) is 21.3 Å². The molecule has 1 aromatic carbocycles. The number of nitrogens with one attached hydrogen (secondary N) is 1. The van der Waals surface area contributed by atoms with Gasteiger partial charge in [-0.05, 0) is 25.2 Å². The van der Waals surface area contributed by atoms with Crippen LogP contribution in [0, 0.1) is 11.8 Å². The predicted octanol–water partition coefficient (Wildman–Crippen LogP) is 1.93. The van der Waals surface area contributed by atoms with Gasteiger partial charge in [-0.1, -0.05) is 25.7 Å². The van der Waals surface area contributed by atoms with Crippen molar-refractivity contribution in [2.75, 3.05) is 20.2 Å². The summed E-state index contributed by atoms with van der Waals surface area (Å²) >= 11 is 0. The average Bonchev–Trinajstić information content (AvgIpc) is 2.56. The molecule has 0 amide bonds. The Hall–Kier alpha value is -1.46. The molecule has 2 heteroatoms. The Morgan fingerprint density at radius 2 is 2.25 bits per heavy atom. The monoisotopic (exact) mass is 215 g/mol. The zero-order chi connectivity index (χ0) is 11.6. The average molecular weight is 215 g/mol. The van der Waals surface area contributed by atoms with Crippen LogP contribution in [0.5, 0.6) is 5.75 Å². The van der Waals surface area contributed by atoms with Gasteiger partial charge in [0.05, 0.1) is 13.2 Å². The van der Waals surface area contributed by atoms with Gasteiger partial charge in [0.25, 0.3) is 0 Å². The Kier molecular flexibility index (Phi) is 2.89. The fourth-order valence-corrected chi connectivity index (χ4v) is 1.83.